The van der Waals surface area contributed by atoms with Crippen LogP contribution in [0.4, 0.5) is 0 Å². The summed E-state index contributed by atoms with van der Waals surface area (Å²) < 4.78 is 27.3. The highest BCUT2D eigenvalue weighted by Gasteiger charge is 2.12. The molecule has 3 rings (SSSR count). The summed E-state index contributed by atoms with van der Waals surface area (Å²) in [6.07, 6.45) is 5.58. The Balaban J connectivity index is 1.79. The van der Waals surface area contributed by atoms with Gasteiger partial charge in [-0.1, -0.05) is 6.58 Å². The molecule has 0 bridgehead atoms. The number of aryl methyl sites for hydroxylation is 1. The van der Waals surface area contributed by atoms with Gasteiger partial charge in [-0.2, -0.15) is 5.26 Å². The number of hydrogen-bond acceptors (Lipinski definition) is 5. The number of hydrogen-bond donors (Lipinski definition) is 2. The lowest BCUT2D eigenvalue weighted by Gasteiger charge is -2.09. The van der Waals surface area contributed by atoms with Crippen LogP contribution in [0, 0.1) is 11.3 Å². The average Bonchev–Trinajstić information content (AvgIpc) is 3.10. The van der Waals surface area contributed by atoms with Gasteiger partial charge in [0.05, 0.1) is 24.1 Å². The molecule has 3 aromatic rings. The minimum Gasteiger partial charge on any atom is -0.346 e. The fourth-order valence-electron chi connectivity index (χ4n) is 2.39. The van der Waals surface area contributed by atoms with Crippen molar-refractivity contribution in [2.75, 3.05) is 5.75 Å². The van der Waals surface area contributed by atoms with Crippen LogP contribution in [0.25, 0.3) is 22.1 Å². The van der Waals surface area contributed by atoms with E-state index in [1.807, 2.05) is 16.8 Å². The number of rotatable bonds is 6. The minimum atomic E-state index is -3.64. The van der Waals surface area contributed by atoms with Gasteiger partial charge in [0.1, 0.15) is 11.2 Å². The summed E-state index contributed by atoms with van der Waals surface area (Å²) in [4.78, 5) is 11.6. The molecule has 9 heteroatoms. The molecule has 0 amide bonds. The van der Waals surface area contributed by atoms with Gasteiger partial charge in [-0.3, -0.25) is 4.72 Å². The molecule has 0 saturated carbocycles. The molecule has 8 nitrogen and oxygen atoms in total. The normalized spacial score (nSPS) is 11.6. The second-order valence-corrected chi connectivity index (χ2v) is 6.77. The summed E-state index contributed by atoms with van der Waals surface area (Å²) in [5, 5.41) is 9.43. The van der Waals surface area contributed by atoms with E-state index in [1.54, 1.807) is 18.6 Å². The van der Waals surface area contributed by atoms with Crippen LogP contribution in [0.15, 0.2) is 37.1 Å². The molecule has 0 atom stereocenters. The van der Waals surface area contributed by atoms with Gasteiger partial charge in [0.15, 0.2) is 5.75 Å². The minimum absolute atomic E-state index is 0.335. The van der Waals surface area contributed by atoms with Crippen LogP contribution >= 0.6 is 0 Å². The Morgan fingerprint density at radius 2 is 2.30 bits per heavy atom. The lowest BCUT2D eigenvalue weighted by atomic mass is 10.3. The summed E-state index contributed by atoms with van der Waals surface area (Å²) in [5.74, 6) is -0.588. The third kappa shape index (κ3) is 3.02. The predicted octanol–water partition coefficient (Wildman–Crippen LogP) is 1.26. The van der Waals surface area contributed by atoms with Crippen LogP contribution in [0.3, 0.4) is 0 Å². The molecule has 0 aromatic carbocycles. The molecule has 2 N–H and O–H groups in total. The first-order valence-electron chi connectivity index (χ1n) is 6.82. The van der Waals surface area contributed by atoms with Crippen LogP contribution < -0.4 is 4.72 Å². The van der Waals surface area contributed by atoms with Gasteiger partial charge < -0.3 is 9.55 Å². The highest BCUT2D eigenvalue weighted by molar-refractivity contribution is 7.89. The number of allylic oxidation sites excluding steroid dienone is 1. The third-order valence-electron chi connectivity index (χ3n) is 3.37. The number of aromatic nitrogens is 4. The first-order chi connectivity index (χ1) is 11.0. The summed E-state index contributed by atoms with van der Waals surface area (Å²) >= 11 is 0. The third-order valence-corrected chi connectivity index (χ3v) is 4.48. The molecular formula is C14H14N6O2S. The van der Waals surface area contributed by atoms with E-state index in [0.717, 1.165) is 22.1 Å². The summed E-state index contributed by atoms with van der Waals surface area (Å²) in [6.45, 7) is 4.21. The van der Waals surface area contributed by atoms with Crippen molar-refractivity contribution in [1.29, 1.82) is 5.26 Å². The van der Waals surface area contributed by atoms with Crippen LogP contribution in [-0.4, -0.2) is 33.7 Å². The van der Waals surface area contributed by atoms with E-state index in [4.69, 9.17) is 5.26 Å². The maximum absolute atomic E-state index is 11.5. The van der Waals surface area contributed by atoms with Gasteiger partial charge in [0.25, 0.3) is 0 Å². The van der Waals surface area contributed by atoms with Gasteiger partial charge in [-0.05, 0) is 6.07 Å². The topological polar surface area (TPSA) is 116 Å². The Kier molecular flexibility index (Phi) is 3.75. The number of H-pyrrole nitrogens is 1. The molecule has 0 saturated heterocycles. The zero-order valence-corrected chi connectivity index (χ0v) is 13.0. The molecule has 0 aliphatic rings. The molecule has 3 aromatic heterocycles. The Morgan fingerprint density at radius 3 is 3.09 bits per heavy atom. The zero-order valence-electron chi connectivity index (χ0n) is 12.2. The van der Waals surface area contributed by atoms with E-state index >= 15 is 0 Å². The fourth-order valence-corrected chi connectivity index (χ4v) is 3.17. The first kappa shape index (κ1) is 15.1. The van der Waals surface area contributed by atoms with E-state index in [0.29, 0.717) is 18.7 Å². The standard InChI is InChI=1S/C14H14N6O2S/c1-10(19-23(21,22)7-4-15)3-6-20-9-18-12-8-17-14-11(13(12)20)2-5-16-14/h2,5,8-9,19H,1,3,6-7H2,(H,16,17). The van der Waals surface area contributed by atoms with Crippen LogP contribution in [0.5, 0.6) is 0 Å². The molecule has 0 aliphatic carbocycles. The lowest BCUT2D eigenvalue weighted by molar-refractivity contribution is 0.588. The maximum Gasteiger partial charge on any atom is 0.245 e. The van der Waals surface area contributed by atoms with E-state index in [1.165, 1.54) is 0 Å². The molecule has 0 fully saturated rings. The second-order valence-electron chi connectivity index (χ2n) is 5.04. The highest BCUT2D eigenvalue weighted by Crippen LogP contribution is 2.22. The second kappa shape index (κ2) is 5.73. The summed E-state index contributed by atoms with van der Waals surface area (Å²) in [6, 6.07) is 3.53. The first-order valence-corrected chi connectivity index (χ1v) is 8.47. The monoisotopic (exact) mass is 330 g/mol. The van der Waals surface area contributed by atoms with Crippen molar-refractivity contribution in [2.24, 2.45) is 0 Å². The predicted molar refractivity (Wildman–Crippen MR) is 85.7 cm³/mol. The van der Waals surface area contributed by atoms with E-state index < -0.39 is 15.8 Å². The number of pyridine rings is 1. The van der Waals surface area contributed by atoms with Crippen molar-refractivity contribution in [3.63, 3.8) is 0 Å². The summed E-state index contributed by atoms with van der Waals surface area (Å²) in [5.41, 5.74) is 2.81. The number of fused-ring (bicyclic) bond motifs is 3. The van der Waals surface area contributed by atoms with Crippen molar-refractivity contribution in [1.82, 2.24) is 24.2 Å². The van der Waals surface area contributed by atoms with Gasteiger partial charge in [-0.25, -0.2) is 18.4 Å². The van der Waals surface area contributed by atoms with Crippen molar-refractivity contribution in [2.45, 2.75) is 13.0 Å². The Morgan fingerprint density at radius 1 is 1.48 bits per heavy atom. The van der Waals surface area contributed by atoms with Gasteiger partial charge in [-0.15, -0.1) is 0 Å². The van der Waals surface area contributed by atoms with Gasteiger partial charge >= 0.3 is 0 Å². The Labute approximate surface area is 132 Å². The molecule has 118 valence electrons. The zero-order chi connectivity index (χ0) is 16.4. The summed E-state index contributed by atoms with van der Waals surface area (Å²) in [7, 11) is -3.64. The fraction of sp³-hybridized carbons (Fsp3) is 0.214. The van der Waals surface area contributed by atoms with Crippen molar-refractivity contribution >= 4 is 32.1 Å². The largest absolute Gasteiger partial charge is 0.346 e. The van der Waals surface area contributed by atoms with Gasteiger partial charge in [0.2, 0.25) is 10.0 Å². The number of sulfonamides is 1. The maximum atomic E-state index is 11.5. The molecular weight excluding hydrogens is 316 g/mol. The number of nitrogens with zero attached hydrogens (tertiary/aromatic N) is 4. The molecule has 0 radical (unpaired) electrons. The molecule has 0 spiro atoms. The molecule has 3 heterocycles. The lowest BCUT2D eigenvalue weighted by Crippen LogP contribution is -2.25. The smallest absolute Gasteiger partial charge is 0.245 e. The molecule has 23 heavy (non-hydrogen) atoms. The van der Waals surface area contributed by atoms with Crippen molar-refractivity contribution < 1.29 is 8.42 Å². The molecule has 0 aliphatic heterocycles. The van der Waals surface area contributed by atoms with E-state index in [9.17, 15) is 8.42 Å². The van der Waals surface area contributed by atoms with E-state index in [2.05, 4.69) is 26.3 Å². The van der Waals surface area contributed by atoms with Crippen LogP contribution in [0.1, 0.15) is 6.42 Å². The van der Waals surface area contributed by atoms with Crippen molar-refractivity contribution in [3.05, 3.63) is 37.1 Å². The van der Waals surface area contributed by atoms with Crippen LogP contribution in [-0.2, 0) is 16.6 Å². The van der Waals surface area contributed by atoms with E-state index in [-0.39, 0.29) is 0 Å². The number of nitriles is 1. The van der Waals surface area contributed by atoms with Gasteiger partial charge in [0, 0.05) is 30.2 Å². The Hall–Kier alpha value is -2.86. The molecule has 0 unspecified atom stereocenters. The number of nitrogens with one attached hydrogen (secondary N) is 2. The van der Waals surface area contributed by atoms with Crippen LogP contribution in [0.2, 0.25) is 0 Å². The quantitative estimate of drug-likeness (QED) is 0.705. The highest BCUT2D eigenvalue weighted by atomic mass is 32.2. The SMILES string of the molecule is C=C(CCn1cnc2cnc3[nH]ccc3c21)NS(=O)(=O)CC#N. The Bertz CT molecular complexity index is 1020. The average molecular weight is 330 g/mol. The number of aromatic amines is 1. The number of imidazole rings is 1. The van der Waals surface area contributed by atoms with Crippen molar-refractivity contribution in [3.8, 4) is 6.07 Å².